The Morgan fingerprint density at radius 3 is 2.33 bits per heavy atom. The standard InChI is InChI=1S/C7H14F3NS/c1-2-6(5-11)3-4-12-7(8,9)10/h6H,2-5,11H2,1H3. The first-order valence-electron chi connectivity index (χ1n) is 3.90. The topological polar surface area (TPSA) is 26.0 Å². The molecule has 0 spiro atoms. The van der Waals surface area contributed by atoms with E-state index in [2.05, 4.69) is 0 Å². The van der Waals surface area contributed by atoms with Crippen molar-refractivity contribution in [1.82, 2.24) is 0 Å². The summed E-state index contributed by atoms with van der Waals surface area (Å²) in [4.78, 5) is 0. The van der Waals surface area contributed by atoms with Crippen LogP contribution in [0.25, 0.3) is 0 Å². The second-order valence-corrected chi connectivity index (χ2v) is 3.75. The molecule has 74 valence electrons. The minimum absolute atomic E-state index is 0.0371. The molecule has 0 bridgehead atoms. The molecular weight excluding hydrogens is 187 g/mol. The largest absolute Gasteiger partial charge is 0.441 e. The third-order valence-electron chi connectivity index (χ3n) is 1.70. The Morgan fingerprint density at radius 1 is 1.42 bits per heavy atom. The third kappa shape index (κ3) is 6.79. The van der Waals surface area contributed by atoms with E-state index in [9.17, 15) is 13.2 Å². The number of halogens is 3. The number of alkyl halides is 3. The fraction of sp³-hybridized carbons (Fsp3) is 1.00. The zero-order chi connectivity index (χ0) is 9.61. The minimum Gasteiger partial charge on any atom is -0.330 e. The monoisotopic (exact) mass is 201 g/mol. The van der Waals surface area contributed by atoms with Gasteiger partial charge in [0.05, 0.1) is 0 Å². The molecule has 1 atom stereocenters. The van der Waals surface area contributed by atoms with E-state index in [0.717, 1.165) is 6.42 Å². The van der Waals surface area contributed by atoms with Crippen LogP contribution in [0.15, 0.2) is 0 Å². The summed E-state index contributed by atoms with van der Waals surface area (Å²) in [5.74, 6) is 0.360. The van der Waals surface area contributed by atoms with Crippen molar-refractivity contribution in [3.63, 3.8) is 0 Å². The van der Waals surface area contributed by atoms with Gasteiger partial charge in [0.25, 0.3) is 0 Å². The molecule has 0 rings (SSSR count). The summed E-state index contributed by atoms with van der Waals surface area (Å²) < 4.78 is 34.9. The summed E-state index contributed by atoms with van der Waals surface area (Å²) in [5, 5.41) is 0. The van der Waals surface area contributed by atoms with Gasteiger partial charge in [0.1, 0.15) is 0 Å². The smallest absolute Gasteiger partial charge is 0.330 e. The van der Waals surface area contributed by atoms with E-state index in [1.807, 2.05) is 6.92 Å². The summed E-state index contributed by atoms with van der Waals surface area (Å²) in [6.45, 7) is 2.42. The second kappa shape index (κ2) is 5.70. The van der Waals surface area contributed by atoms with Gasteiger partial charge < -0.3 is 5.73 Å². The van der Waals surface area contributed by atoms with E-state index < -0.39 is 5.51 Å². The third-order valence-corrected chi connectivity index (χ3v) is 2.47. The van der Waals surface area contributed by atoms with Crippen molar-refractivity contribution in [2.75, 3.05) is 12.3 Å². The Balaban J connectivity index is 3.41. The van der Waals surface area contributed by atoms with Crippen LogP contribution in [-0.4, -0.2) is 17.8 Å². The Bertz CT molecular complexity index is 112. The summed E-state index contributed by atoms with van der Waals surface area (Å²) in [7, 11) is 0. The molecule has 0 radical (unpaired) electrons. The van der Waals surface area contributed by atoms with E-state index in [0.29, 0.717) is 13.0 Å². The number of rotatable bonds is 5. The molecule has 0 aromatic rings. The van der Waals surface area contributed by atoms with Crippen molar-refractivity contribution >= 4 is 11.8 Å². The fourth-order valence-electron chi connectivity index (χ4n) is 0.830. The molecule has 0 amide bonds. The van der Waals surface area contributed by atoms with Gasteiger partial charge in [0, 0.05) is 5.75 Å². The van der Waals surface area contributed by atoms with Gasteiger partial charge in [0.15, 0.2) is 0 Å². The van der Waals surface area contributed by atoms with Crippen LogP contribution in [0.5, 0.6) is 0 Å². The highest BCUT2D eigenvalue weighted by atomic mass is 32.2. The molecule has 0 aliphatic carbocycles. The van der Waals surface area contributed by atoms with Gasteiger partial charge in [-0.1, -0.05) is 25.1 Å². The first-order chi connectivity index (χ1) is 5.49. The van der Waals surface area contributed by atoms with Gasteiger partial charge in [0.2, 0.25) is 0 Å². The molecule has 2 N–H and O–H groups in total. The molecule has 0 aromatic heterocycles. The molecule has 1 nitrogen and oxygen atoms in total. The number of hydrogen-bond acceptors (Lipinski definition) is 2. The quantitative estimate of drug-likeness (QED) is 0.740. The van der Waals surface area contributed by atoms with Crippen molar-refractivity contribution in [2.45, 2.75) is 25.3 Å². The molecule has 0 saturated carbocycles. The van der Waals surface area contributed by atoms with Crippen LogP contribution in [0.2, 0.25) is 0 Å². The maximum Gasteiger partial charge on any atom is 0.441 e. The lowest BCUT2D eigenvalue weighted by molar-refractivity contribution is -0.0328. The molecular formula is C7H14F3NS. The highest BCUT2D eigenvalue weighted by molar-refractivity contribution is 8.00. The first-order valence-corrected chi connectivity index (χ1v) is 4.89. The summed E-state index contributed by atoms with van der Waals surface area (Å²) >= 11 is 0.0371. The van der Waals surface area contributed by atoms with Crippen LogP contribution in [-0.2, 0) is 0 Å². The second-order valence-electron chi connectivity index (χ2n) is 2.59. The van der Waals surface area contributed by atoms with Crippen molar-refractivity contribution in [2.24, 2.45) is 11.7 Å². The van der Waals surface area contributed by atoms with Crippen molar-refractivity contribution < 1.29 is 13.2 Å². The molecule has 0 aromatic carbocycles. The Hall–Kier alpha value is 0.100. The molecule has 0 aliphatic rings. The van der Waals surface area contributed by atoms with Gasteiger partial charge in [-0.15, -0.1) is 0 Å². The van der Waals surface area contributed by atoms with Gasteiger partial charge in [-0.2, -0.15) is 13.2 Å². The summed E-state index contributed by atoms with van der Waals surface area (Å²) in [5.41, 5.74) is 1.25. The van der Waals surface area contributed by atoms with Gasteiger partial charge in [-0.05, 0) is 18.9 Å². The van der Waals surface area contributed by atoms with Gasteiger partial charge in [-0.3, -0.25) is 0 Å². The van der Waals surface area contributed by atoms with Crippen LogP contribution < -0.4 is 5.73 Å². The predicted octanol–water partition coefficient (Wildman–Crippen LogP) is 2.61. The Morgan fingerprint density at radius 2 is 2.00 bits per heavy atom. The van der Waals surface area contributed by atoms with Crippen molar-refractivity contribution in [3.8, 4) is 0 Å². The average Bonchev–Trinajstić information content (AvgIpc) is 1.96. The van der Waals surface area contributed by atoms with E-state index in [-0.39, 0.29) is 23.4 Å². The maximum absolute atomic E-state index is 11.6. The number of nitrogens with two attached hydrogens (primary N) is 1. The first kappa shape index (κ1) is 12.1. The zero-order valence-corrected chi connectivity index (χ0v) is 7.84. The van der Waals surface area contributed by atoms with Crippen LogP contribution >= 0.6 is 11.8 Å². The van der Waals surface area contributed by atoms with Crippen LogP contribution in [0.3, 0.4) is 0 Å². The van der Waals surface area contributed by atoms with Crippen molar-refractivity contribution in [1.29, 1.82) is 0 Å². The average molecular weight is 201 g/mol. The summed E-state index contributed by atoms with van der Waals surface area (Å²) in [6.07, 6.45) is 1.41. The van der Waals surface area contributed by atoms with Gasteiger partial charge >= 0.3 is 5.51 Å². The van der Waals surface area contributed by atoms with E-state index in [1.165, 1.54) is 0 Å². The Labute approximate surface area is 74.9 Å². The lowest BCUT2D eigenvalue weighted by Gasteiger charge is -2.11. The molecule has 12 heavy (non-hydrogen) atoms. The van der Waals surface area contributed by atoms with Gasteiger partial charge in [-0.25, -0.2) is 0 Å². The molecule has 0 heterocycles. The molecule has 5 heteroatoms. The van der Waals surface area contributed by atoms with Crippen LogP contribution in [0, 0.1) is 5.92 Å². The molecule has 0 aliphatic heterocycles. The predicted molar refractivity (Wildman–Crippen MR) is 46.0 cm³/mol. The Kier molecular flexibility index (Phi) is 5.74. The highest BCUT2D eigenvalue weighted by Crippen LogP contribution is 2.31. The van der Waals surface area contributed by atoms with Crippen LogP contribution in [0.1, 0.15) is 19.8 Å². The lowest BCUT2D eigenvalue weighted by Crippen LogP contribution is -2.15. The number of thioether (sulfide) groups is 1. The van der Waals surface area contributed by atoms with E-state index in [4.69, 9.17) is 5.73 Å². The maximum atomic E-state index is 11.6. The van der Waals surface area contributed by atoms with Crippen molar-refractivity contribution in [3.05, 3.63) is 0 Å². The highest BCUT2D eigenvalue weighted by Gasteiger charge is 2.27. The zero-order valence-electron chi connectivity index (χ0n) is 7.03. The normalized spacial score (nSPS) is 14.8. The summed E-state index contributed by atoms with van der Waals surface area (Å²) in [6, 6.07) is 0. The molecule has 0 fully saturated rings. The number of hydrogen-bond donors (Lipinski definition) is 1. The lowest BCUT2D eigenvalue weighted by atomic mass is 10.0. The minimum atomic E-state index is -4.09. The molecule has 0 saturated heterocycles. The van der Waals surface area contributed by atoms with Crippen LogP contribution in [0.4, 0.5) is 13.2 Å². The molecule has 1 unspecified atom stereocenters. The fourth-order valence-corrected chi connectivity index (χ4v) is 1.51. The SMILES string of the molecule is CCC(CN)CCSC(F)(F)F. The van der Waals surface area contributed by atoms with E-state index in [1.54, 1.807) is 0 Å². The van der Waals surface area contributed by atoms with E-state index >= 15 is 0 Å².